The van der Waals surface area contributed by atoms with Gasteiger partial charge in [0.25, 0.3) is 0 Å². The second-order valence-corrected chi connectivity index (χ2v) is 9.18. The van der Waals surface area contributed by atoms with E-state index in [1.165, 1.54) is 29.8 Å². The number of nitrogens with zero attached hydrogens (tertiary/aromatic N) is 5. The molecule has 0 unspecified atom stereocenters. The van der Waals surface area contributed by atoms with Crippen molar-refractivity contribution >= 4 is 34.8 Å². The third-order valence-electron chi connectivity index (χ3n) is 6.94. The first-order chi connectivity index (χ1) is 15.5. The Balaban J connectivity index is 1.37. The SMILES string of the molecule is Cc1cc(C=Cc2cnc3cc(N4CCCC4=O)ccc3n2)c(C)n1C1CCN(C)CC1. The van der Waals surface area contributed by atoms with Crippen molar-refractivity contribution in [2.45, 2.75) is 45.6 Å². The van der Waals surface area contributed by atoms with Crippen LogP contribution in [0.4, 0.5) is 5.69 Å². The average Bonchev–Trinajstić information content (AvgIpc) is 3.34. The molecule has 2 saturated heterocycles. The predicted octanol–water partition coefficient (Wildman–Crippen LogP) is 4.61. The summed E-state index contributed by atoms with van der Waals surface area (Å²) in [5.74, 6) is 0.190. The minimum atomic E-state index is 0.190. The van der Waals surface area contributed by atoms with Crippen LogP contribution in [0.1, 0.15) is 54.4 Å². The van der Waals surface area contributed by atoms with Crippen LogP contribution < -0.4 is 4.90 Å². The standard InChI is InChI=1S/C26H31N5O/c1-18-15-20(19(2)31(18)22-10-13-29(3)14-11-22)6-7-21-17-27-25-16-23(8-9-24(25)28-21)30-12-4-5-26(30)32/h6-9,15-17,22H,4-5,10-14H2,1-3H3. The Morgan fingerprint density at radius 3 is 2.59 bits per heavy atom. The number of likely N-dealkylation sites (tertiary alicyclic amines) is 1. The summed E-state index contributed by atoms with van der Waals surface area (Å²) in [6.07, 6.45) is 9.97. The highest BCUT2D eigenvalue weighted by Gasteiger charge is 2.22. The molecule has 0 radical (unpaired) electrons. The molecule has 6 heteroatoms. The monoisotopic (exact) mass is 429 g/mol. The Hall–Kier alpha value is -2.99. The van der Waals surface area contributed by atoms with E-state index in [9.17, 15) is 4.79 Å². The lowest BCUT2D eigenvalue weighted by Crippen LogP contribution is -2.32. The van der Waals surface area contributed by atoms with E-state index in [4.69, 9.17) is 4.98 Å². The highest BCUT2D eigenvalue weighted by Crippen LogP contribution is 2.29. The summed E-state index contributed by atoms with van der Waals surface area (Å²) in [7, 11) is 2.21. The highest BCUT2D eigenvalue weighted by molar-refractivity contribution is 5.97. The van der Waals surface area contributed by atoms with Gasteiger partial charge in [0.2, 0.25) is 5.91 Å². The first-order valence-electron chi connectivity index (χ1n) is 11.6. The lowest BCUT2D eigenvalue weighted by Gasteiger charge is -2.31. The van der Waals surface area contributed by atoms with Gasteiger partial charge in [0.1, 0.15) is 0 Å². The van der Waals surface area contributed by atoms with Crippen LogP contribution in [0.2, 0.25) is 0 Å². The molecule has 1 amide bonds. The van der Waals surface area contributed by atoms with E-state index in [0.717, 1.165) is 48.5 Å². The molecule has 6 nitrogen and oxygen atoms in total. The first kappa shape index (κ1) is 20.9. The number of benzene rings is 1. The summed E-state index contributed by atoms with van der Waals surface area (Å²) in [5, 5.41) is 0. The zero-order valence-electron chi connectivity index (χ0n) is 19.2. The Labute approximate surface area is 189 Å². The number of hydrogen-bond acceptors (Lipinski definition) is 4. The van der Waals surface area contributed by atoms with Crippen LogP contribution >= 0.6 is 0 Å². The van der Waals surface area contributed by atoms with E-state index in [0.29, 0.717) is 12.5 Å². The quantitative estimate of drug-likeness (QED) is 0.608. The summed E-state index contributed by atoms with van der Waals surface area (Å²) in [6, 6.07) is 8.77. The van der Waals surface area contributed by atoms with Crippen LogP contribution in [0.15, 0.2) is 30.5 Å². The largest absolute Gasteiger partial charge is 0.345 e. The fourth-order valence-corrected chi connectivity index (χ4v) is 5.14. The Morgan fingerprint density at radius 2 is 1.84 bits per heavy atom. The molecule has 0 saturated carbocycles. The summed E-state index contributed by atoms with van der Waals surface area (Å²) in [5.41, 5.74) is 7.31. The average molecular weight is 430 g/mol. The molecule has 2 aromatic heterocycles. The maximum absolute atomic E-state index is 12.0. The summed E-state index contributed by atoms with van der Waals surface area (Å²) >= 11 is 0. The maximum Gasteiger partial charge on any atom is 0.227 e. The smallest absolute Gasteiger partial charge is 0.227 e. The lowest BCUT2D eigenvalue weighted by molar-refractivity contribution is -0.117. The van der Waals surface area contributed by atoms with Gasteiger partial charge in [0.15, 0.2) is 0 Å². The number of carbonyl (C=O) groups excluding carboxylic acids is 1. The van der Waals surface area contributed by atoms with E-state index < -0.39 is 0 Å². The maximum atomic E-state index is 12.0. The fraction of sp³-hybridized carbons (Fsp3) is 0.423. The molecule has 2 fully saturated rings. The van der Waals surface area contributed by atoms with Gasteiger partial charge in [0.05, 0.1) is 22.9 Å². The van der Waals surface area contributed by atoms with Gasteiger partial charge in [-0.15, -0.1) is 0 Å². The molecule has 5 rings (SSSR count). The molecule has 0 spiro atoms. The van der Waals surface area contributed by atoms with E-state index in [1.54, 1.807) is 0 Å². The van der Waals surface area contributed by atoms with Gasteiger partial charge >= 0.3 is 0 Å². The molecule has 0 bridgehead atoms. The normalized spacial score (nSPS) is 18.5. The second kappa shape index (κ2) is 8.51. The number of aryl methyl sites for hydroxylation is 1. The zero-order chi connectivity index (χ0) is 22.2. The van der Waals surface area contributed by atoms with Gasteiger partial charge in [-0.05, 0) is 89.2 Å². The van der Waals surface area contributed by atoms with E-state index in [-0.39, 0.29) is 5.91 Å². The van der Waals surface area contributed by atoms with Gasteiger partial charge < -0.3 is 14.4 Å². The van der Waals surface area contributed by atoms with Gasteiger partial charge in [-0.3, -0.25) is 9.78 Å². The molecular weight excluding hydrogens is 398 g/mol. The van der Waals surface area contributed by atoms with Crippen LogP contribution in [0, 0.1) is 13.8 Å². The number of amides is 1. The van der Waals surface area contributed by atoms with Crippen LogP contribution in [-0.2, 0) is 4.79 Å². The third kappa shape index (κ3) is 3.95. The Bertz CT molecular complexity index is 1190. The van der Waals surface area contributed by atoms with Gasteiger partial charge in [0, 0.05) is 36.1 Å². The van der Waals surface area contributed by atoms with Gasteiger partial charge in [-0.1, -0.05) is 6.08 Å². The third-order valence-corrected chi connectivity index (χ3v) is 6.94. The molecule has 166 valence electrons. The Kier molecular flexibility index (Phi) is 5.55. The van der Waals surface area contributed by atoms with Crippen LogP contribution in [0.25, 0.3) is 23.2 Å². The topological polar surface area (TPSA) is 54.3 Å². The van der Waals surface area contributed by atoms with Gasteiger partial charge in [-0.25, -0.2) is 4.98 Å². The Morgan fingerprint density at radius 1 is 1.03 bits per heavy atom. The van der Waals surface area contributed by atoms with Crippen molar-refractivity contribution in [2.24, 2.45) is 0 Å². The van der Waals surface area contributed by atoms with Crippen molar-refractivity contribution in [3.63, 3.8) is 0 Å². The van der Waals surface area contributed by atoms with Crippen LogP contribution in [0.5, 0.6) is 0 Å². The van der Waals surface area contributed by atoms with Crippen molar-refractivity contribution < 1.29 is 4.79 Å². The summed E-state index contributed by atoms with van der Waals surface area (Å²) in [6.45, 7) is 7.54. The minimum absolute atomic E-state index is 0.190. The zero-order valence-corrected chi connectivity index (χ0v) is 19.2. The molecular formula is C26H31N5O. The van der Waals surface area contributed by atoms with Crippen molar-refractivity contribution in [2.75, 3.05) is 31.6 Å². The molecule has 2 aliphatic heterocycles. The lowest BCUT2D eigenvalue weighted by atomic mass is 10.0. The highest BCUT2D eigenvalue weighted by atomic mass is 16.2. The van der Waals surface area contributed by atoms with Crippen LogP contribution in [0.3, 0.4) is 0 Å². The number of fused-ring (bicyclic) bond motifs is 1. The number of piperidine rings is 1. The molecule has 3 aromatic rings. The first-order valence-corrected chi connectivity index (χ1v) is 11.6. The number of anilines is 1. The molecule has 4 heterocycles. The summed E-state index contributed by atoms with van der Waals surface area (Å²) < 4.78 is 2.51. The van der Waals surface area contributed by atoms with Crippen molar-refractivity contribution in [1.82, 2.24) is 19.4 Å². The van der Waals surface area contributed by atoms with Crippen molar-refractivity contribution in [1.29, 1.82) is 0 Å². The number of carbonyl (C=O) groups is 1. The fourth-order valence-electron chi connectivity index (χ4n) is 5.14. The van der Waals surface area contributed by atoms with E-state index >= 15 is 0 Å². The van der Waals surface area contributed by atoms with Crippen LogP contribution in [-0.4, -0.2) is 52.0 Å². The molecule has 0 atom stereocenters. The molecule has 2 aliphatic rings. The predicted molar refractivity (Wildman–Crippen MR) is 130 cm³/mol. The number of rotatable bonds is 4. The number of aromatic nitrogens is 3. The summed E-state index contributed by atoms with van der Waals surface area (Å²) in [4.78, 5) is 25.7. The number of hydrogen-bond donors (Lipinski definition) is 0. The van der Waals surface area contributed by atoms with Crippen molar-refractivity contribution in [3.8, 4) is 0 Å². The van der Waals surface area contributed by atoms with E-state index in [2.05, 4.69) is 47.5 Å². The second-order valence-electron chi connectivity index (χ2n) is 9.18. The van der Waals surface area contributed by atoms with Crippen molar-refractivity contribution in [3.05, 3.63) is 53.1 Å². The molecule has 0 aliphatic carbocycles. The molecule has 1 aromatic carbocycles. The van der Waals surface area contributed by atoms with E-state index in [1.807, 2.05) is 35.4 Å². The minimum Gasteiger partial charge on any atom is -0.345 e. The molecule has 0 N–H and O–H groups in total. The van der Waals surface area contributed by atoms with Gasteiger partial charge in [-0.2, -0.15) is 0 Å². The molecule has 32 heavy (non-hydrogen) atoms.